The first-order chi connectivity index (χ1) is 16.6. The maximum atomic E-state index is 5.87. The van der Waals surface area contributed by atoms with Gasteiger partial charge in [0.2, 0.25) is 0 Å². The van der Waals surface area contributed by atoms with Crippen LogP contribution >= 0.6 is 0 Å². The Morgan fingerprint density at radius 3 is 2.59 bits per heavy atom. The molecule has 0 spiro atoms. The van der Waals surface area contributed by atoms with E-state index in [9.17, 15) is 0 Å². The van der Waals surface area contributed by atoms with Gasteiger partial charge in [0.25, 0.3) is 0 Å². The Labute approximate surface area is 199 Å². The summed E-state index contributed by atoms with van der Waals surface area (Å²) in [6.07, 6.45) is 2.70. The van der Waals surface area contributed by atoms with Gasteiger partial charge in [-0.2, -0.15) is 5.10 Å². The lowest BCUT2D eigenvalue weighted by Gasteiger charge is -2.12. The number of amidine groups is 1. The van der Waals surface area contributed by atoms with Gasteiger partial charge in [-0.3, -0.25) is 5.43 Å². The molecule has 174 valence electrons. The Morgan fingerprint density at radius 2 is 1.82 bits per heavy atom. The first-order valence-electron chi connectivity index (χ1n) is 11.3. The summed E-state index contributed by atoms with van der Waals surface area (Å²) in [5.74, 6) is 3.10. The molecular weight excluding hydrogens is 426 g/mol. The van der Waals surface area contributed by atoms with Crippen LogP contribution in [0.3, 0.4) is 0 Å². The number of para-hydroxylation sites is 3. The van der Waals surface area contributed by atoms with E-state index in [1.165, 1.54) is 0 Å². The largest absolute Gasteiger partial charge is 0.493 e. The second-order valence-electron chi connectivity index (χ2n) is 8.21. The third-order valence-corrected chi connectivity index (χ3v) is 5.14. The van der Waals surface area contributed by atoms with Crippen LogP contribution in [-0.2, 0) is 0 Å². The highest BCUT2D eigenvalue weighted by Gasteiger charge is 2.10. The average Bonchev–Trinajstić information content (AvgIpc) is 3.29. The van der Waals surface area contributed by atoms with E-state index >= 15 is 0 Å². The lowest BCUT2D eigenvalue weighted by molar-refractivity contribution is 0.273. The van der Waals surface area contributed by atoms with E-state index in [4.69, 9.17) is 14.5 Å². The quantitative estimate of drug-likeness (QED) is 0.193. The molecule has 1 heterocycles. The summed E-state index contributed by atoms with van der Waals surface area (Å²) in [5, 5.41) is 4.41. The molecule has 4 rings (SSSR count). The van der Waals surface area contributed by atoms with Crippen molar-refractivity contribution in [1.29, 1.82) is 0 Å². The molecule has 0 bridgehead atoms. The molecular formula is C27H29N5O2. The number of nitrogens with one attached hydrogen (secondary N) is 2. The smallest absolute Gasteiger partial charge is 0.190 e. The summed E-state index contributed by atoms with van der Waals surface area (Å²) in [5.41, 5.74) is 6.50. The number of aromatic amines is 1. The summed E-state index contributed by atoms with van der Waals surface area (Å²) in [4.78, 5) is 12.7. The van der Waals surface area contributed by atoms with Crippen LogP contribution in [0.5, 0.6) is 11.5 Å². The fourth-order valence-electron chi connectivity index (χ4n) is 3.28. The third kappa shape index (κ3) is 6.01. The first kappa shape index (κ1) is 23.0. The zero-order chi connectivity index (χ0) is 23.8. The molecule has 1 aromatic heterocycles. The number of methoxy groups -OCH3 is 1. The van der Waals surface area contributed by atoms with Crippen LogP contribution in [0.2, 0.25) is 0 Å². The fourth-order valence-corrected chi connectivity index (χ4v) is 3.28. The second kappa shape index (κ2) is 11.1. The Morgan fingerprint density at radius 1 is 1.03 bits per heavy atom. The molecule has 2 N–H and O–H groups in total. The van der Waals surface area contributed by atoms with Crippen LogP contribution in [-0.4, -0.2) is 35.7 Å². The molecule has 7 nitrogen and oxygen atoms in total. The molecule has 3 aromatic carbocycles. The normalized spacial score (nSPS) is 11.9. The number of hydrogen-bond donors (Lipinski definition) is 2. The minimum atomic E-state index is 0.513. The first-order valence-corrected chi connectivity index (χ1v) is 11.3. The Bertz CT molecular complexity index is 1250. The monoisotopic (exact) mass is 455 g/mol. The van der Waals surface area contributed by atoms with Crippen LogP contribution < -0.4 is 14.9 Å². The number of benzene rings is 3. The summed E-state index contributed by atoms with van der Waals surface area (Å²) in [7, 11) is 1.63. The van der Waals surface area contributed by atoms with Crippen LogP contribution in [0.25, 0.3) is 11.0 Å². The number of aromatic nitrogens is 2. The molecule has 0 amide bonds. The van der Waals surface area contributed by atoms with Crippen molar-refractivity contribution in [3.63, 3.8) is 0 Å². The molecule has 0 saturated heterocycles. The van der Waals surface area contributed by atoms with Gasteiger partial charge in [0.1, 0.15) is 0 Å². The van der Waals surface area contributed by atoms with E-state index in [2.05, 4.69) is 34.3 Å². The predicted molar refractivity (Wildman–Crippen MR) is 137 cm³/mol. The summed E-state index contributed by atoms with van der Waals surface area (Å²) < 4.78 is 11.4. The summed E-state index contributed by atoms with van der Waals surface area (Å²) >= 11 is 0. The lowest BCUT2D eigenvalue weighted by atomic mass is 10.1. The molecule has 0 saturated carbocycles. The average molecular weight is 456 g/mol. The highest BCUT2D eigenvalue weighted by molar-refractivity contribution is 6.00. The van der Waals surface area contributed by atoms with Gasteiger partial charge < -0.3 is 14.5 Å². The van der Waals surface area contributed by atoms with Crippen LogP contribution in [0, 0.1) is 5.92 Å². The maximum absolute atomic E-state index is 5.87. The van der Waals surface area contributed by atoms with E-state index < -0.39 is 0 Å². The predicted octanol–water partition coefficient (Wildman–Crippen LogP) is 5.70. The number of imidazole rings is 1. The highest BCUT2D eigenvalue weighted by Crippen LogP contribution is 2.28. The number of hydrogen-bond acceptors (Lipinski definition) is 5. The van der Waals surface area contributed by atoms with Crippen molar-refractivity contribution >= 4 is 28.8 Å². The number of nitrogens with zero attached hydrogens (tertiary/aromatic N) is 3. The number of aliphatic imine (C=N–C) groups is 1. The van der Waals surface area contributed by atoms with Crippen molar-refractivity contribution in [3.05, 3.63) is 84.2 Å². The van der Waals surface area contributed by atoms with Crippen LogP contribution in [0.1, 0.15) is 31.7 Å². The Hall–Kier alpha value is -4.13. The second-order valence-corrected chi connectivity index (χ2v) is 8.21. The van der Waals surface area contributed by atoms with Crippen molar-refractivity contribution in [1.82, 2.24) is 15.4 Å². The van der Waals surface area contributed by atoms with Crippen molar-refractivity contribution < 1.29 is 9.47 Å². The third-order valence-electron chi connectivity index (χ3n) is 5.14. The lowest BCUT2D eigenvalue weighted by Crippen LogP contribution is -2.20. The van der Waals surface area contributed by atoms with Crippen molar-refractivity contribution in [3.8, 4) is 11.5 Å². The van der Waals surface area contributed by atoms with Crippen molar-refractivity contribution in [2.24, 2.45) is 16.0 Å². The van der Waals surface area contributed by atoms with Gasteiger partial charge in [-0.05, 0) is 60.4 Å². The standard InChI is InChI=1S/C27H29N5O2/c1-19(2)15-16-34-24-14-13-20(17-25(24)33-3)18-28-32-27(29-21-9-5-4-6-10-21)26-30-22-11-7-8-12-23(22)31-26/h4-14,17-19H,15-16H2,1-3H3,(H,29,32)(H,30,31)/b28-18+. The molecule has 4 aromatic rings. The van der Waals surface area contributed by atoms with E-state index in [1.807, 2.05) is 72.8 Å². The van der Waals surface area contributed by atoms with Gasteiger partial charge in [-0.25, -0.2) is 9.98 Å². The van der Waals surface area contributed by atoms with E-state index in [0.717, 1.165) is 34.5 Å². The zero-order valence-corrected chi connectivity index (χ0v) is 19.7. The SMILES string of the molecule is COc1cc(/C=N/NC(=Nc2ccccc2)c2nc3ccccc3[nH]2)ccc1OCCC(C)C. The fraction of sp³-hybridized carbons (Fsp3) is 0.222. The van der Waals surface area contributed by atoms with Gasteiger partial charge in [0.15, 0.2) is 23.2 Å². The van der Waals surface area contributed by atoms with Crippen LogP contribution in [0.15, 0.2) is 82.9 Å². The van der Waals surface area contributed by atoms with E-state index in [0.29, 0.717) is 29.9 Å². The molecule has 0 radical (unpaired) electrons. The topological polar surface area (TPSA) is 83.9 Å². The van der Waals surface area contributed by atoms with Gasteiger partial charge in [-0.15, -0.1) is 0 Å². The van der Waals surface area contributed by atoms with Gasteiger partial charge in [-0.1, -0.05) is 44.2 Å². The zero-order valence-electron chi connectivity index (χ0n) is 19.7. The molecule has 0 aliphatic rings. The molecule has 7 heteroatoms. The molecule has 0 fully saturated rings. The minimum Gasteiger partial charge on any atom is -0.493 e. The Balaban J connectivity index is 1.54. The number of fused-ring (bicyclic) bond motifs is 1. The van der Waals surface area contributed by atoms with Crippen molar-refractivity contribution in [2.75, 3.05) is 13.7 Å². The van der Waals surface area contributed by atoms with Gasteiger partial charge in [0, 0.05) is 0 Å². The molecule has 34 heavy (non-hydrogen) atoms. The van der Waals surface area contributed by atoms with E-state index in [1.54, 1.807) is 13.3 Å². The van der Waals surface area contributed by atoms with E-state index in [-0.39, 0.29) is 0 Å². The number of ether oxygens (including phenoxy) is 2. The molecule has 0 aliphatic carbocycles. The highest BCUT2D eigenvalue weighted by atomic mass is 16.5. The minimum absolute atomic E-state index is 0.513. The number of H-pyrrole nitrogens is 1. The van der Waals surface area contributed by atoms with Gasteiger partial charge in [0.05, 0.1) is 36.7 Å². The molecule has 0 aliphatic heterocycles. The molecule has 0 unspecified atom stereocenters. The summed E-state index contributed by atoms with van der Waals surface area (Å²) in [6, 6.07) is 23.3. The Kier molecular flexibility index (Phi) is 7.55. The van der Waals surface area contributed by atoms with Crippen LogP contribution in [0.4, 0.5) is 5.69 Å². The number of hydrazone groups is 1. The van der Waals surface area contributed by atoms with Gasteiger partial charge >= 0.3 is 0 Å². The molecule has 0 atom stereocenters. The summed E-state index contributed by atoms with van der Waals surface area (Å²) in [6.45, 7) is 5.00. The maximum Gasteiger partial charge on any atom is 0.190 e. The van der Waals surface area contributed by atoms with Crippen molar-refractivity contribution in [2.45, 2.75) is 20.3 Å². The number of rotatable bonds is 9.